The van der Waals surface area contributed by atoms with Crippen LogP contribution in [-0.2, 0) is 14.8 Å². The van der Waals surface area contributed by atoms with Gasteiger partial charge in [-0.1, -0.05) is 41.9 Å². The fourth-order valence-electron chi connectivity index (χ4n) is 3.13. The molecule has 1 aromatic heterocycles. The summed E-state index contributed by atoms with van der Waals surface area (Å²) in [7, 11) is -4.07. The predicted octanol–water partition coefficient (Wildman–Crippen LogP) is 3.34. The molecule has 146 valence electrons. The molecular formula is C19H18ClN3O3S2. The van der Waals surface area contributed by atoms with E-state index in [2.05, 4.69) is 4.98 Å². The van der Waals surface area contributed by atoms with Gasteiger partial charge in [-0.3, -0.25) is 4.79 Å². The Morgan fingerprint density at radius 2 is 1.86 bits per heavy atom. The van der Waals surface area contributed by atoms with E-state index in [1.165, 1.54) is 17.4 Å². The third-order valence-corrected chi connectivity index (χ3v) is 6.70. The number of benzene rings is 2. The fourth-order valence-corrected chi connectivity index (χ4v) is 5.17. The molecule has 6 nitrogen and oxygen atoms in total. The summed E-state index contributed by atoms with van der Waals surface area (Å²) >= 11 is 7.61. The first kappa shape index (κ1) is 20.5. The standard InChI is InChI=1S/C19H18ClN3O3S2/c1-10-18(27-11(2)23-10)14-8-7-12(9-16(14)28(22,25)26)17(19(21)24)13-5-3-4-6-15(13)20/h3-9,17H,1-2H3,(H2,21,24)(H2,22,25,26). The zero-order valence-electron chi connectivity index (χ0n) is 15.1. The Kier molecular flexibility index (Phi) is 5.58. The number of halogens is 1. The number of primary amides is 1. The highest BCUT2D eigenvalue weighted by Gasteiger charge is 2.26. The second-order valence-electron chi connectivity index (χ2n) is 6.30. The SMILES string of the molecule is Cc1nc(C)c(-c2ccc(C(C(N)=O)c3ccccc3Cl)cc2S(N)(=O)=O)s1. The van der Waals surface area contributed by atoms with Crippen molar-refractivity contribution in [1.82, 2.24) is 4.98 Å². The van der Waals surface area contributed by atoms with Crippen LogP contribution in [0.2, 0.25) is 5.02 Å². The molecule has 1 atom stereocenters. The van der Waals surface area contributed by atoms with Crippen LogP contribution >= 0.6 is 22.9 Å². The third kappa shape index (κ3) is 3.95. The Morgan fingerprint density at radius 3 is 2.39 bits per heavy atom. The van der Waals surface area contributed by atoms with Crippen LogP contribution < -0.4 is 10.9 Å². The number of nitrogens with two attached hydrogens (primary N) is 2. The third-order valence-electron chi connectivity index (χ3n) is 4.29. The first-order valence-electron chi connectivity index (χ1n) is 8.24. The maximum atomic E-state index is 12.3. The van der Waals surface area contributed by atoms with Crippen molar-refractivity contribution >= 4 is 38.9 Å². The number of thiazole rings is 1. The van der Waals surface area contributed by atoms with Crippen LogP contribution in [0.4, 0.5) is 0 Å². The van der Waals surface area contributed by atoms with Crippen molar-refractivity contribution in [2.45, 2.75) is 24.7 Å². The van der Waals surface area contributed by atoms with Crippen molar-refractivity contribution in [3.63, 3.8) is 0 Å². The van der Waals surface area contributed by atoms with E-state index in [0.717, 1.165) is 5.01 Å². The van der Waals surface area contributed by atoms with Gasteiger partial charge in [0.2, 0.25) is 15.9 Å². The van der Waals surface area contributed by atoms with E-state index in [1.807, 2.05) is 6.92 Å². The Balaban J connectivity index is 2.25. The number of amides is 1. The molecule has 3 aromatic rings. The van der Waals surface area contributed by atoms with Crippen molar-refractivity contribution in [3.05, 3.63) is 69.3 Å². The number of hydrogen-bond donors (Lipinski definition) is 2. The van der Waals surface area contributed by atoms with Gasteiger partial charge in [0, 0.05) is 10.6 Å². The van der Waals surface area contributed by atoms with E-state index in [-0.39, 0.29) is 4.90 Å². The summed E-state index contributed by atoms with van der Waals surface area (Å²) in [5.41, 5.74) is 7.66. The summed E-state index contributed by atoms with van der Waals surface area (Å²) in [6.07, 6.45) is 0. The molecule has 0 spiro atoms. The highest BCUT2D eigenvalue weighted by molar-refractivity contribution is 7.89. The van der Waals surface area contributed by atoms with Gasteiger partial charge in [-0.25, -0.2) is 18.5 Å². The molecule has 1 unspecified atom stereocenters. The molecule has 2 aromatic carbocycles. The molecule has 0 radical (unpaired) electrons. The molecule has 0 saturated carbocycles. The lowest BCUT2D eigenvalue weighted by Gasteiger charge is -2.18. The quantitative estimate of drug-likeness (QED) is 0.639. The summed E-state index contributed by atoms with van der Waals surface area (Å²) in [4.78, 5) is 17.2. The Hall–Kier alpha value is -2.26. The van der Waals surface area contributed by atoms with E-state index in [4.69, 9.17) is 22.5 Å². The number of hydrogen-bond acceptors (Lipinski definition) is 5. The topological polar surface area (TPSA) is 116 Å². The number of rotatable bonds is 5. The summed E-state index contributed by atoms with van der Waals surface area (Å²) in [5, 5.41) is 6.65. The summed E-state index contributed by atoms with van der Waals surface area (Å²) in [6.45, 7) is 3.64. The Labute approximate surface area is 172 Å². The second kappa shape index (κ2) is 7.63. The number of nitrogens with zero attached hydrogens (tertiary/aromatic N) is 1. The second-order valence-corrected chi connectivity index (χ2v) is 9.45. The van der Waals surface area contributed by atoms with Crippen LogP contribution in [0.15, 0.2) is 47.4 Å². The maximum Gasteiger partial charge on any atom is 0.238 e. The normalized spacial score (nSPS) is 12.7. The molecule has 0 aliphatic carbocycles. The monoisotopic (exact) mass is 435 g/mol. The van der Waals surface area contributed by atoms with Crippen LogP contribution in [0, 0.1) is 13.8 Å². The van der Waals surface area contributed by atoms with Gasteiger partial charge in [-0.15, -0.1) is 11.3 Å². The first-order chi connectivity index (χ1) is 13.1. The molecule has 4 N–H and O–H groups in total. The minimum absolute atomic E-state index is 0.0879. The fraction of sp³-hybridized carbons (Fsp3) is 0.158. The summed E-state index contributed by atoms with van der Waals surface area (Å²) in [5.74, 6) is -1.56. The number of primary sulfonamides is 1. The largest absolute Gasteiger partial charge is 0.369 e. The van der Waals surface area contributed by atoms with Crippen molar-refractivity contribution in [1.29, 1.82) is 0 Å². The van der Waals surface area contributed by atoms with E-state index in [9.17, 15) is 13.2 Å². The van der Waals surface area contributed by atoms with Crippen LogP contribution in [-0.4, -0.2) is 19.3 Å². The summed E-state index contributed by atoms with van der Waals surface area (Å²) in [6, 6.07) is 11.5. The average molecular weight is 436 g/mol. The van der Waals surface area contributed by atoms with Crippen LogP contribution in [0.1, 0.15) is 27.7 Å². The van der Waals surface area contributed by atoms with E-state index >= 15 is 0 Å². The van der Waals surface area contributed by atoms with Crippen molar-refractivity contribution < 1.29 is 13.2 Å². The molecule has 0 saturated heterocycles. The minimum Gasteiger partial charge on any atom is -0.369 e. The van der Waals surface area contributed by atoms with Gasteiger partial charge >= 0.3 is 0 Å². The van der Waals surface area contributed by atoms with Gasteiger partial charge in [0.15, 0.2) is 0 Å². The molecule has 9 heteroatoms. The number of aromatic nitrogens is 1. The van der Waals surface area contributed by atoms with Gasteiger partial charge < -0.3 is 5.73 Å². The molecule has 0 fully saturated rings. The minimum atomic E-state index is -4.07. The van der Waals surface area contributed by atoms with Crippen LogP contribution in [0.3, 0.4) is 0 Å². The molecule has 3 rings (SSSR count). The number of carbonyl (C=O) groups excluding carboxylic acids is 1. The number of carbonyl (C=O) groups is 1. The number of sulfonamides is 1. The van der Waals surface area contributed by atoms with E-state index in [0.29, 0.717) is 32.3 Å². The smallest absolute Gasteiger partial charge is 0.238 e. The Bertz CT molecular complexity index is 1170. The van der Waals surface area contributed by atoms with Gasteiger partial charge in [-0.05, 0) is 37.1 Å². The van der Waals surface area contributed by atoms with Gasteiger partial charge in [0.1, 0.15) is 0 Å². The molecule has 1 heterocycles. The Morgan fingerprint density at radius 1 is 1.18 bits per heavy atom. The predicted molar refractivity (Wildman–Crippen MR) is 111 cm³/mol. The molecule has 0 bridgehead atoms. The molecule has 1 amide bonds. The van der Waals surface area contributed by atoms with E-state index < -0.39 is 21.8 Å². The van der Waals surface area contributed by atoms with Gasteiger partial charge in [-0.2, -0.15) is 0 Å². The zero-order chi connectivity index (χ0) is 20.6. The van der Waals surface area contributed by atoms with Gasteiger partial charge in [0.05, 0.1) is 26.4 Å². The first-order valence-corrected chi connectivity index (χ1v) is 11.0. The summed E-state index contributed by atoms with van der Waals surface area (Å²) < 4.78 is 24.6. The van der Waals surface area contributed by atoms with E-state index in [1.54, 1.807) is 43.3 Å². The molecule has 0 aliphatic heterocycles. The number of aryl methyl sites for hydroxylation is 2. The highest BCUT2D eigenvalue weighted by atomic mass is 35.5. The van der Waals surface area contributed by atoms with Crippen molar-refractivity contribution in [2.24, 2.45) is 10.9 Å². The lowest BCUT2D eigenvalue weighted by Crippen LogP contribution is -2.23. The van der Waals surface area contributed by atoms with Crippen LogP contribution in [0.25, 0.3) is 10.4 Å². The molecular weight excluding hydrogens is 418 g/mol. The highest BCUT2D eigenvalue weighted by Crippen LogP contribution is 2.37. The lowest BCUT2D eigenvalue weighted by atomic mass is 9.90. The van der Waals surface area contributed by atoms with Crippen LogP contribution in [0.5, 0.6) is 0 Å². The van der Waals surface area contributed by atoms with Crippen molar-refractivity contribution in [2.75, 3.05) is 0 Å². The zero-order valence-corrected chi connectivity index (χ0v) is 17.5. The van der Waals surface area contributed by atoms with Gasteiger partial charge in [0.25, 0.3) is 0 Å². The molecule has 0 aliphatic rings. The lowest BCUT2D eigenvalue weighted by molar-refractivity contribution is -0.118. The molecule has 28 heavy (non-hydrogen) atoms. The van der Waals surface area contributed by atoms with Crippen molar-refractivity contribution in [3.8, 4) is 10.4 Å². The maximum absolute atomic E-state index is 12.3. The average Bonchev–Trinajstić information content (AvgIpc) is 2.94.